The molecule has 1 amide bonds. The molecule has 0 aromatic heterocycles. The van der Waals surface area contributed by atoms with E-state index >= 15 is 0 Å². The highest BCUT2D eigenvalue weighted by atomic mass is 32.2. The van der Waals surface area contributed by atoms with Gasteiger partial charge in [0, 0.05) is 6.54 Å². The number of benzene rings is 2. The Morgan fingerprint density at radius 1 is 1.16 bits per heavy atom. The molecule has 134 valence electrons. The highest BCUT2D eigenvalue weighted by Gasteiger charge is 2.12. The Morgan fingerprint density at radius 3 is 2.44 bits per heavy atom. The van der Waals surface area contributed by atoms with Crippen molar-refractivity contribution in [2.24, 2.45) is 5.14 Å². The molecular weight excluding hydrogens is 340 g/mol. The van der Waals surface area contributed by atoms with E-state index in [0.29, 0.717) is 30.9 Å². The van der Waals surface area contributed by atoms with Gasteiger partial charge in [0.1, 0.15) is 5.75 Å². The number of sulfonamides is 1. The molecule has 2 aromatic carbocycles. The van der Waals surface area contributed by atoms with Crippen LogP contribution >= 0.6 is 0 Å². The minimum atomic E-state index is -3.69. The van der Waals surface area contributed by atoms with Crippen LogP contribution in [0.3, 0.4) is 0 Å². The topological polar surface area (TPSA) is 98.5 Å². The van der Waals surface area contributed by atoms with Gasteiger partial charge in [0.15, 0.2) is 0 Å². The zero-order valence-electron chi connectivity index (χ0n) is 14.3. The summed E-state index contributed by atoms with van der Waals surface area (Å²) in [5.41, 5.74) is 2.39. The number of rotatable bonds is 7. The summed E-state index contributed by atoms with van der Waals surface area (Å²) in [6.07, 6.45) is 0.576. The molecule has 0 saturated heterocycles. The van der Waals surface area contributed by atoms with Gasteiger partial charge < -0.3 is 10.1 Å². The predicted molar refractivity (Wildman–Crippen MR) is 96.2 cm³/mol. The van der Waals surface area contributed by atoms with E-state index in [4.69, 9.17) is 9.88 Å². The number of aryl methyl sites for hydroxylation is 1. The molecular formula is C18H22N2O4S. The van der Waals surface area contributed by atoms with Crippen molar-refractivity contribution in [3.63, 3.8) is 0 Å². The van der Waals surface area contributed by atoms with Crippen molar-refractivity contribution < 1.29 is 17.9 Å². The van der Waals surface area contributed by atoms with Crippen LogP contribution in [0.2, 0.25) is 0 Å². The van der Waals surface area contributed by atoms with E-state index in [1.807, 2.05) is 19.9 Å². The van der Waals surface area contributed by atoms with Gasteiger partial charge in [-0.1, -0.05) is 23.8 Å². The van der Waals surface area contributed by atoms with Gasteiger partial charge in [-0.25, -0.2) is 13.6 Å². The third-order valence-electron chi connectivity index (χ3n) is 3.63. The van der Waals surface area contributed by atoms with Gasteiger partial charge in [0.05, 0.1) is 17.1 Å². The molecule has 0 aliphatic heterocycles. The summed E-state index contributed by atoms with van der Waals surface area (Å²) in [4.78, 5) is 12.5. The highest BCUT2D eigenvalue weighted by Crippen LogP contribution is 2.20. The monoisotopic (exact) mass is 362 g/mol. The highest BCUT2D eigenvalue weighted by molar-refractivity contribution is 7.89. The fourth-order valence-corrected chi connectivity index (χ4v) is 2.88. The number of carbonyl (C=O) groups is 1. The first kappa shape index (κ1) is 19.0. The number of nitrogens with one attached hydrogen (secondary N) is 1. The van der Waals surface area contributed by atoms with Crippen LogP contribution in [-0.2, 0) is 16.4 Å². The molecule has 2 aromatic rings. The lowest BCUT2D eigenvalue weighted by Gasteiger charge is -2.11. The molecule has 0 spiro atoms. The Labute approximate surface area is 148 Å². The molecule has 0 fully saturated rings. The normalized spacial score (nSPS) is 11.2. The Morgan fingerprint density at radius 2 is 1.84 bits per heavy atom. The van der Waals surface area contributed by atoms with Crippen LogP contribution in [0.25, 0.3) is 0 Å². The second-order valence-electron chi connectivity index (χ2n) is 5.63. The number of amides is 1. The SMILES string of the molecule is CCOc1ccc(C)cc1C(=O)NCCc1ccc(S(N)(=O)=O)cc1. The van der Waals surface area contributed by atoms with Crippen LogP contribution in [0.4, 0.5) is 0 Å². The van der Waals surface area contributed by atoms with Crippen molar-refractivity contribution in [2.75, 3.05) is 13.2 Å². The van der Waals surface area contributed by atoms with Crippen molar-refractivity contribution in [3.05, 3.63) is 59.2 Å². The maximum atomic E-state index is 12.4. The minimum absolute atomic E-state index is 0.0707. The lowest BCUT2D eigenvalue weighted by Crippen LogP contribution is -2.26. The summed E-state index contributed by atoms with van der Waals surface area (Å²) in [6, 6.07) is 11.8. The smallest absolute Gasteiger partial charge is 0.255 e. The molecule has 2 rings (SSSR count). The molecule has 0 aliphatic carbocycles. The average molecular weight is 362 g/mol. The molecule has 0 radical (unpaired) electrons. The Hall–Kier alpha value is -2.38. The predicted octanol–water partition coefficient (Wildman–Crippen LogP) is 2.01. The zero-order chi connectivity index (χ0) is 18.4. The zero-order valence-corrected chi connectivity index (χ0v) is 15.1. The summed E-state index contributed by atoms with van der Waals surface area (Å²) in [7, 11) is -3.69. The average Bonchev–Trinajstić information content (AvgIpc) is 2.56. The van der Waals surface area contributed by atoms with E-state index in [9.17, 15) is 13.2 Å². The van der Waals surface area contributed by atoms with Gasteiger partial charge in [-0.15, -0.1) is 0 Å². The van der Waals surface area contributed by atoms with Gasteiger partial charge in [-0.05, 0) is 50.1 Å². The Kier molecular flexibility index (Phi) is 6.17. The quantitative estimate of drug-likeness (QED) is 0.787. The summed E-state index contributed by atoms with van der Waals surface area (Å²) in [6.45, 7) is 4.69. The number of hydrogen-bond acceptors (Lipinski definition) is 4. The molecule has 6 nitrogen and oxygen atoms in total. The Balaban J connectivity index is 1.98. The second-order valence-corrected chi connectivity index (χ2v) is 7.19. The third kappa shape index (κ3) is 5.30. The van der Waals surface area contributed by atoms with Gasteiger partial charge in [-0.2, -0.15) is 0 Å². The molecule has 0 aliphatic rings. The van der Waals surface area contributed by atoms with Crippen LogP contribution in [0.15, 0.2) is 47.4 Å². The first-order chi connectivity index (χ1) is 11.8. The maximum absolute atomic E-state index is 12.4. The van der Waals surface area contributed by atoms with Gasteiger partial charge >= 0.3 is 0 Å². The molecule has 0 atom stereocenters. The van der Waals surface area contributed by atoms with E-state index < -0.39 is 10.0 Å². The molecule has 0 heterocycles. The standard InChI is InChI=1S/C18H22N2O4S/c1-3-24-17-9-4-13(2)12-16(17)18(21)20-11-10-14-5-7-15(8-6-14)25(19,22)23/h4-9,12H,3,10-11H2,1-2H3,(H,20,21)(H2,19,22,23). The number of ether oxygens (including phenoxy) is 1. The summed E-state index contributed by atoms with van der Waals surface area (Å²) in [5.74, 6) is 0.358. The maximum Gasteiger partial charge on any atom is 0.255 e. The van der Waals surface area contributed by atoms with E-state index in [-0.39, 0.29) is 10.8 Å². The molecule has 7 heteroatoms. The summed E-state index contributed by atoms with van der Waals surface area (Å²) < 4.78 is 27.9. The van der Waals surface area contributed by atoms with Gasteiger partial charge in [-0.3, -0.25) is 4.79 Å². The lowest BCUT2D eigenvalue weighted by molar-refractivity contribution is 0.0950. The number of nitrogens with two attached hydrogens (primary N) is 1. The molecule has 0 unspecified atom stereocenters. The second kappa shape index (κ2) is 8.13. The van der Waals surface area contributed by atoms with E-state index in [1.54, 1.807) is 24.3 Å². The van der Waals surface area contributed by atoms with Gasteiger partial charge in [0.2, 0.25) is 10.0 Å². The van der Waals surface area contributed by atoms with Crippen LogP contribution in [0.1, 0.15) is 28.4 Å². The number of hydrogen-bond donors (Lipinski definition) is 2. The Bertz CT molecular complexity index is 846. The summed E-state index contributed by atoms with van der Waals surface area (Å²) >= 11 is 0. The van der Waals surface area contributed by atoms with E-state index in [2.05, 4.69) is 5.32 Å². The van der Waals surface area contributed by atoms with Crippen LogP contribution in [0.5, 0.6) is 5.75 Å². The fraction of sp³-hybridized carbons (Fsp3) is 0.278. The van der Waals surface area contributed by atoms with Crippen LogP contribution in [0, 0.1) is 6.92 Å². The van der Waals surface area contributed by atoms with E-state index in [0.717, 1.165) is 11.1 Å². The van der Waals surface area contributed by atoms with Crippen molar-refractivity contribution in [1.29, 1.82) is 0 Å². The van der Waals surface area contributed by atoms with Crippen molar-refractivity contribution in [1.82, 2.24) is 5.32 Å². The molecule has 0 bridgehead atoms. The van der Waals surface area contributed by atoms with E-state index in [1.165, 1.54) is 12.1 Å². The lowest BCUT2D eigenvalue weighted by atomic mass is 10.1. The number of carbonyl (C=O) groups excluding carboxylic acids is 1. The van der Waals surface area contributed by atoms with Crippen LogP contribution in [-0.4, -0.2) is 27.5 Å². The van der Waals surface area contributed by atoms with Crippen LogP contribution < -0.4 is 15.2 Å². The first-order valence-corrected chi connectivity index (χ1v) is 9.49. The van der Waals surface area contributed by atoms with Crippen molar-refractivity contribution in [3.8, 4) is 5.75 Å². The first-order valence-electron chi connectivity index (χ1n) is 7.94. The van der Waals surface area contributed by atoms with Gasteiger partial charge in [0.25, 0.3) is 5.91 Å². The number of primary sulfonamides is 1. The molecule has 25 heavy (non-hydrogen) atoms. The molecule has 0 saturated carbocycles. The minimum Gasteiger partial charge on any atom is -0.493 e. The van der Waals surface area contributed by atoms with Crippen molar-refractivity contribution in [2.45, 2.75) is 25.2 Å². The third-order valence-corrected chi connectivity index (χ3v) is 4.56. The summed E-state index contributed by atoms with van der Waals surface area (Å²) in [5, 5.41) is 7.92. The fourth-order valence-electron chi connectivity index (χ4n) is 2.36. The largest absolute Gasteiger partial charge is 0.493 e. The molecule has 3 N–H and O–H groups in total. The van der Waals surface area contributed by atoms with Crippen molar-refractivity contribution >= 4 is 15.9 Å².